The first kappa shape index (κ1) is 17.6. The third-order valence-electron chi connectivity index (χ3n) is 4.40. The first-order valence-corrected chi connectivity index (χ1v) is 9.67. The van der Waals surface area contributed by atoms with Crippen LogP contribution in [-0.4, -0.2) is 22.8 Å². The number of hydrogen-bond donors (Lipinski definition) is 1. The number of aromatic nitrogens is 2. The van der Waals surface area contributed by atoms with Gasteiger partial charge in [-0.15, -0.1) is 0 Å². The van der Waals surface area contributed by atoms with Crippen LogP contribution in [0.2, 0.25) is 0 Å². The maximum Gasteiger partial charge on any atom is 0.229 e. The summed E-state index contributed by atoms with van der Waals surface area (Å²) >= 11 is 1.76. The minimum absolute atomic E-state index is 0.122. The highest BCUT2D eigenvalue weighted by Crippen LogP contribution is 2.36. The van der Waals surface area contributed by atoms with Crippen LogP contribution in [0.1, 0.15) is 16.8 Å². The van der Waals surface area contributed by atoms with Gasteiger partial charge in [0.1, 0.15) is 17.4 Å². The molecule has 1 aliphatic heterocycles. The van der Waals surface area contributed by atoms with Gasteiger partial charge in [-0.1, -0.05) is 12.1 Å². The lowest BCUT2D eigenvalue weighted by Gasteiger charge is -2.11. The summed E-state index contributed by atoms with van der Waals surface area (Å²) in [5.41, 5.74) is 3.61. The number of amides is 1. The smallest absolute Gasteiger partial charge is 0.229 e. The quantitative estimate of drug-likeness (QED) is 0.725. The minimum Gasteiger partial charge on any atom is -0.497 e. The van der Waals surface area contributed by atoms with Gasteiger partial charge in [0.05, 0.1) is 24.9 Å². The zero-order chi connectivity index (χ0) is 18.8. The van der Waals surface area contributed by atoms with Gasteiger partial charge < -0.3 is 10.1 Å². The molecule has 0 unspecified atom stereocenters. The van der Waals surface area contributed by atoms with Crippen LogP contribution in [0.15, 0.2) is 48.5 Å². The Kier molecular flexibility index (Phi) is 4.85. The van der Waals surface area contributed by atoms with E-state index in [4.69, 9.17) is 4.74 Å². The summed E-state index contributed by atoms with van der Waals surface area (Å²) in [6.45, 7) is 0. The van der Waals surface area contributed by atoms with Crippen LogP contribution in [0.3, 0.4) is 0 Å². The van der Waals surface area contributed by atoms with Gasteiger partial charge in [-0.25, -0.2) is 9.07 Å². The van der Waals surface area contributed by atoms with E-state index in [1.165, 1.54) is 12.1 Å². The Labute approximate surface area is 160 Å². The number of carbonyl (C=O) groups excluding carboxylic acids is 1. The molecule has 3 aromatic rings. The maximum absolute atomic E-state index is 13.3. The van der Waals surface area contributed by atoms with Crippen LogP contribution in [0.5, 0.6) is 5.75 Å². The second-order valence-corrected chi connectivity index (χ2v) is 7.21. The van der Waals surface area contributed by atoms with Gasteiger partial charge in [0.25, 0.3) is 0 Å². The number of carbonyl (C=O) groups is 1. The SMILES string of the molecule is COc1ccc(CC(=O)Nc2c3c(nn2-c2ccc(F)cc2)CSC3)cc1. The van der Waals surface area contributed by atoms with Gasteiger partial charge in [-0.2, -0.15) is 16.9 Å². The molecule has 0 aliphatic carbocycles. The van der Waals surface area contributed by atoms with E-state index < -0.39 is 0 Å². The molecule has 1 N–H and O–H groups in total. The average Bonchev–Trinajstić information content (AvgIpc) is 3.26. The van der Waals surface area contributed by atoms with Gasteiger partial charge in [0, 0.05) is 17.1 Å². The van der Waals surface area contributed by atoms with Crippen molar-refractivity contribution in [3.05, 3.63) is 71.2 Å². The molecule has 7 heteroatoms. The number of halogens is 1. The third kappa shape index (κ3) is 3.68. The van der Waals surface area contributed by atoms with E-state index in [1.807, 2.05) is 24.3 Å². The molecule has 2 heterocycles. The second-order valence-electron chi connectivity index (χ2n) is 6.23. The third-order valence-corrected chi connectivity index (χ3v) is 5.38. The van der Waals surface area contributed by atoms with Crippen LogP contribution < -0.4 is 10.1 Å². The Morgan fingerprint density at radius 1 is 1.19 bits per heavy atom. The van der Waals surface area contributed by atoms with Crippen molar-refractivity contribution in [3.8, 4) is 11.4 Å². The molecular formula is C20H18FN3O2S. The average molecular weight is 383 g/mol. The summed E-state index contributed by atoms with van der Waals surface area (Å²) < 4.78 is 20.1. The largest absolute Gasteiger partial charge is 0.497 e. The first-order chi connectivity index (χ1) is 13.1. The molecule has 1 aromatic heterocycles. The van der Waals surface area contributed by atoms with Gasteiger partial charge in [-0.3, -0.25) is 4.79 Å². The van der Waals surface area contributed by atoms with Crippen LogP contribution in [-0.2, 0) is 22.7 Å². The Morgan fingerprint density at radius 2 is 1.93 bits per heavy atom. The van der Waals surface area contributed by atoms with E-state index in [9.17, 15) is 9.18 Å². The molecule has 1 aliphatic rings. The molecule has 0 spiro atoms. The van der Waals surface area contributed by atoms with Gasteiger partial charge in [0.2, 0.25) is 5.91 Å². The van der Waals surface area contributed by atoms with Crippen molar-refractivity contribution in [2.45, 2.75) is 17.9 Å². The van der Waals surface area contributed by atoms with Crippen LogP contribution in [0.4, 0.5) is 10.2 Å². The number of fused-ring (bicyclic) bond motifs is 1. The van der Waals surface area contributed by atoms with Crippen molar-refractivity contribution in [2.24, 2.45) is 0 Å². The molecular weight excluding hydrogens is 365 g/mol. The number of methoxy groups -OCH3 is 1. The Balaban J connectivity index is 1.58. The zero-order valence-corrected chi connectivity index (χ0v) is 15.6. The van der Waals surface area contributed by atoms with Crippen molar-refractivity contribution in [1.29, 1.82) is 0 Å². The molecule has 0 atom stereocenters. The Bertz CT molecular complexity index is 968. The number of nitrogens with one attached hydrogen (secondary N) is 1. The molecule has 0 fully saturated rings. The lowest BCUT2D eigenvalue weighted by molar-refractivity contribution is -0.115. The standard InChI is InChI=1S/C20H18FN3O2S/c1-26-16-8-2-13(3-9-16)10-19(25)22-20-17-11-27-12-18(17)23-24(20)15-6-4-14(21)5-7-15/h2-9H,10-12H2,1H3,(H,22,25). The van der Waals surface area contributed by atoms with E-state index in [-0.39, 0.29) is 18.1 Å². The number of benzene rings is 2. The van der Waals surface area contributed by atoms with E-state index >= 15 is 0 Å². The van der Waals surface area contributed by atoms with Crippen molar-refractivity contribution in [2.75, 3.05) is 12.4 Å². The summed E-state index contributed by atoms with van der Waals surface area (Å²) in [6.07, 6.45) is 0.251. The lowest BCUT2D eigenvalue weighted by Crippen LogP contribution is -2.18. The van der Waals surface area contributed by atoms with Crippen molar-refractivity contribution in [1.82, 2.24) is 9.78 Å². The van der Waals surface area contributed by atoms with E-state index in [2.05, 4.69) is 10.4 Å². The van der Waals surface area contributed by atoms with Crippen LogP contribution in [0.25, 0.3) is 5.69 Å². The van der Waals surface area contributed by atoms with E-state index in [0.717, 1.165) is 39.8 Å². The number of rotatable bonds is 5. The zero-order valence-electron chi connectivity index (χ0n) is 14.7. The number of nitrogens with zero attached hydrogens (tertiary/aromatic N) is 2. The molecule has 0 bridgehead atoms. The van der Waals surface area contributed by atoms with Crippen molar-refractivity contribution in [3.63, 3.8) is 0 Å². The summed E-state index contributed by atoms with van der Waals surface area (Å²) in [5.74, 6) is 2.60. The molecule has 5 nitrogen and oxygen atoms in total. The Hall–Kier alpha value is -2.80. The van der Waals surface area contributed by atoms with Crippen LogP contribution >= 0.6 is 11.8 Å². The predicted molar refractivity (Wildman–Crippen MR) is 104 cm³/mol. The molecule has 2 aromatic carbocycles. The van der Waals surface area contributed by atoms with Gasteiger partial charge in [0.15, 0.2) is 0 Å². The molecule has 27 heavy (non-hydrogen) atoms. The monoisotopic (exact) mass is 383 g/mol. The number of thioether (sulfide) groups is 1. The molecule has 1 amide bonds. The van der Waals surface area contributed by atoms with Crippen molar-refractivity contribution >= 4 is 23.5 Å². The van der Waals surface area contributed by atoms with Crippen molar-refractivity contribution < 1.29 is 13.9 Å². The minimum atomic E-state index is -0.306. The fraction of sp³-hybridized carbons (Fsp3) is 0.200. The fourth-order valence-corrected chi connectivity index (χ4v) is 4.05. The van der Waals surface area contributed by atoms with Gasteiger partial charge >= 0.3 is 0 Å². The molecule has 4 rings (SSSR count). The van der Waals surface area contributed by atoms with Gasteiger partial charge in [-0.05, 0) is 42.0 Å². The fourth-order valence-electron chi connectivity index (χ4n) is 3.02. The highest BCUT2D eigenvalue weighted by molar-refractivity contribution is 7.98. The predicted octanol–water partition coefficient (Wildman–Crippen LogP) is 3.95. The normalized spacial score (nSPS) is 12.7. The highest BCUT2D eigenvalue weighted by atomic mass is 32.2. The maximum atomic E-state index is 13.3. The summed E-state index contributed by atoms with van der Waals surface area (Å²) in [7, 11) is 1.61. The number of hydrogen-bond acceptors (Lipinski definition) is 4. The summed E-state index contributed by atoms with van der Waals surface area (Å²) in [4.78, 5) is 12.6. The molecule has 138 valence electrons. The molecule has 0 saturated heterocycles. The number of ether oxygens (including phenoxy) is 1. The topological polar surface area (TPSA) is 56.1 Å². The second kappa shape index (κ2) is 7.44. The number of anilines is 1. The molecule has 0 radical (unpaired) electrons. The van der Waals surface area contributed by atoms with E-state index in [0.29, 0.717) is 5.82 Å². The molecule has 0 saturated carbocycles. The first-order valence-electron chi connectivity index (χ1n) is 8.51. The summed E-state index contributed by atoms with van der Waals surface area (Å²) in [6, 6.07) is 13.5. The highest BCUT2D eigenvalue weighted by Gasteiger charge is 2.24. The van der Waals surface area contributed by atoms with Crippen LogP contribution in [0, 0.1) is 5.82 Å². The van der Waals surface area contributed by atoms with E-state index in [1.54, 1.807) is 35.7 Å². The lowest BCUT2D eigenvalue weighted by atomic mass is 10.1. The Morgan fingerprint density at radius 3 is 2.63 bits per heavy atom. The summed E-state index contributed by atoms with van der Waals surface area (Å²) in [5, 5.41) is 7.62.